The van der Waals surface area contributed by atoms with Gasteiger partial charge in [-0.05, 0) is 57.8 Å². The summed E-state index contributed by atoms with van der Waals surface area (Å²) in [7, 11) is -2.31. The van der Waals surface area contributed by atoms with E-state index in [0.29, 0.717) is 17.0 Å². The lowest BCUT2D eigenvalue weighted by molar-refractivity contribution is 0.423. The fourth-order valence-electron chi connectivity index (χ4n) is 5.31. The molecular formula is C18H30Cl3OP. The molecule has 0 amide bonds. The molecule has 0 aromatic rings. The lowest BCUT2D eigenvalue weighted by Crippen LogP contribution is -2.36. The molecule has 3 fully saturated rings. The highest BCUT2D eigenvalue weighted by Gasteiger charge is 2.49. The van der Waals surface area contributed by atoms with E-state index in [9.17, 15) is 4.57 Å². The number of alkyl halides is 3. The first-order valence-corrected chi connectivity index (χ1v) is 12.7. The van der Waals surface area contributed by atoms with Crippen molar-refractivity contribution in [2.75, 3.05) is 0 Å². The predicted molar refractivity (Wildman–Crippen MR) is 103 cm³/mol. The van der Waals surface area contributed by atoms with E-state index in [0.717, 1.165) is 77.0 Å². The van der Waals surface area contributed by atoms with Crippen LogP contribution in [0.3, 0.4) is 0 Å². The molecule has 134 valence electrons. The Morgan fingerprint density at radius 3 is 1.13 bits per heavy atom. The van der Waals surface area contributed by atoms with E-state index in [1.54, 1.807) is 0 Å². The predicted octanol–water partition coefficient (Wildman–Crippen LogP) is 7.00. The highest BCUT2D eigenvalue weighted by atomic mass is 35.5. The molecule has 1 nitrogen and oxygen atoms in total. The summed E-state index contributed by atoms with van der Waals surface area (Å²) in [5.74, 6) is 0. The Morgan fingerprint density at radius 2 is 0.870 bits per heavy atom. The number of rotatable bonds is 3. The van der Waals surface area contributed by atoms with Gasteiger partial charge in [0.25, 0.3) is 0 Å². The lowest BCUT2D eigenvalue weighted by atomic mass is 9.98. The van der Waals surface area contributed by atoms with Crippen molar-refractivity contribution in [3.63, 3.8) is 0 Å². The molecule has 23 heavy (non-hydrogen) atoms. The average molecular weight is 400 g/mol. The SMILES string of the molecule is O=P(C1CCCC(Cl)C1)(C1CCCC(Cl)C1)C1CCCC(Cl)C1. The van der Waals surface area contributed by atoms with E-state index >= 15 is 0 Å². The fraction of sp³-hybridized carbons (Fsp3) is 1.00. The molecule has 0 heterocycles. The quantitative estimate of drug-likeness (QED) is 0.369. The van der Waals surface area contributed by atoms with Crippen molar-refractivity contribution in [1.82, 2.24) is 0 Å². The molecule has 0 N–H and O–H groups in total. The van der Waals surface area contributed by atoms with Crippen molar-refractivity contribution in [1.29, 1.82) is 0 Å². The van der Waals surface area contributed by atoms with Crippen molar-refractivity contribution >= 4 is 41.9 Å². The van der Waals surface area contributed by atoms with Gasteiger partial charge in [0.05, 0.1) is 7.14 Å². The second kappa shape index (κ2) is 8.20. The molecule has 3 rings (SSSR count). The number of hydrogen-bond donors (Lipinski definition) is 0. The standard InChI is InChI=1S/C18H30Cl3OP/c19-13-4-1-7-16(10-13)23(22,17-8-2-5-14(20)11-17)18-9-3-6-15(21)12-18/h13-18H,1-12H2. The van der Waals surface area contributed by atoms with Gasteiger partial charge >= 0.3 is 0 Å². The molecule has 0 spiro atoms. The summed E-state index contributed by atoms with van der Waals surface area (Å²) in [4.78, 5) is 0. The maximum atomic E-state index is 14.5. The largest absolute Gasteiger partial charge is 0.323 e. The topological polar surface area (TPSA) is 17.1 Å². The Balaban J connectivity index is 1.86. The Kier molecular flexibility index (Phi) is 6.73. The molecule has 0 bridgehead atoms. The van der Waals surface area contributed by atoms with Crippen molar-refractivity contribution in [3.05, 3.63) is 0 Å². The molecule has 6 atom stereocenters. The van der Waals surface area contributed by atoms with Gasteiger partial charge in [0.2, 0.25) is 0 Å². The molecule has 0 saturated heterocycles. The van der Waals surface area contributed by atoms with Crippen LogP contribution in [-0.2, 0) is 4.57 Å². The van der Waals surface area contributed by atoms with E-state index in [4.69, 9.17) is 34.8 Å². The normalized spacial score (nSPS) is 45.3. The fourth-order valence-corrected chi connectivity index (χ4v) is 12.1. The van der Waals surface area contributed by atoms with Crippen LogP contribution < -0.4 is 0 Å². The molecule has 3 aliphatic rings. The van der Waals surface area contributed by atoms with Gasteiger partial charge < -0.3 is 4.57 Å². The maximum Gasteiger partial charge on any atom is 0.0966 e. The maximum absolute atomic E-state index is 14.5. The minimum Gasteiger partial charge on any atom is -0.323 e. The van der Waals surface area contributed by atoms with E-state index in [1.807, 2.05) is 0 Å². The van der Waals surface area contributed by atoms with Crippen molar-refractivity contribution in [2.45, 2.75) is 110 Å². The van der Waals surface area contributed by atoms with Crippen LogP contribution in [0.1, 0.15) is 77.0 Å². The lowest BCUT2D eigenvalue weighted by Gasteiger charge is -2.45. The Hall–Kier alpha value is 1.10. The summed E-state index contributed by atoms with van der Waals surface area (Å²) in [6, 6.07) is 0. The van der Waals surface area contributed by atoms with Gasteiger partial charge in [0, 0.05) is 33.1 Å². The van der Waals surface area contributed by atoms with Crippen LogP contribution in [0.25, 0.3) is 0 Å². The van der Waals surface area contributed by atoms with Gasteiger partial charge in [0.15, 0.2) is 0 Å². The number of hydrogen-bond acceptors (Lipinski definition) is 1. The summed E-state index contributed by atoms with van der Waals surface area (Å²) in [5.41, 5.74) is 0.994. The molecule has 0 radical (unpaired) electrons. The molecular weight excluding hydrogens is 370 g/mol. The van der Waals surface area contributed by atoms with Crippen molar-refractivity contribution in [2.24, 2.45) is 0 Å². The zero-order chi connectivity index (χ0) is 16.4. The van der Waals surface area contributed by atoms with Gasteiger partial charge in [-0.25, -0.2) is 0 Å². The second-order valence-electron chi connectivity index (χ2n) is 8.02. The van der Waals surface area contributed by atoms with E-state index in [2.05, 4.69) is 0 Å². The van der Waals surface area contributed by atoms with Gasteiger partial charge in [0.1, 0.15) is 0 Å². The summed E-state index contributed by atoms with van der Waals surface area (Å²) in [6.45, 7) is 0. The molecule has 3 saturated carbocycles. The van der Waals surface area contributed by atoms with Gasteiger partial charge in [-0.15, -0.1) is 34.8 Å². The second-order valence-corrected chi connectivity index (χ2v) is 13.6. The summed E-state index contributed by atoms with van der Waals surface area (Å²) < 4.78 is 14.5. The van der Waals surface area contributed by atoms with Crippen LogP contribution in [0, 0.1) is 0 Å². The summed E-state index contributed by atoms with van der Waals surface area (Å²) in [6.07, 6.45) is 12.8. The molecule has 5 heteroatoms. The zero-order valence-corrected chi connectivity index (χ0v) is 17.1. The molecule has 0 aromatic carbocycles. The Labute approximate surface area is 156 Å². The Morgan fingerprint density at radius 1 is 0.565 bits per heavy atom. The summed E-state index contributed by atoms with van der Waals surface area (Å²) in [5, 5.41) is 0.647. The van der Waals surface area contributed by atoms with Crippen molar-refractivity contribution < 1.29 is 4.57 Å². The summed E-state index contributed by atoms with van der Waals surface area (Å²) >= 11 is 19.4. The first kappa shape index (κ1) is 18.9. The van der Waals surface area contributed by atoms with Crippen LogP contribution in [0.5, 0.6) is 0 Å². The third-order valence-corrected chi connectivity index (χ3v) is 12.5. The monoisotopic (exact) mass is 398 g/mol. The molecule has 6 unspecified atom stereocenters. The average Bonchev–Trinajstić information content (AvgIpc) is 2.54. The molecule has 0 aromatic heterocycles. The number of halogens is 3. The first-order valence-electron chi connectivity index (χ1n) is 9.51. The van der Waals surface area contributed by atoms with E-state index in [-0.39, 0.29) is 16.1 Å². The van der Waals surface area contributed by atoms with Crippen molar-refractivity contribution in [3.8, 4) is 0 Å². The van der Waals surface area contributed by atoms with Crippen LogP contribution >= 0.6 is 41.9 Å². The minimum atomic E-state index is -2.31. The highest BCUT2D eigenvalue weighted by Crippen LogP contribution is 2.68. The van der Waals surface area contributed by atoms with Crippen LogP contribution in [0.4, 0.5) is 0 Å². The van der Waals surface area contributed by atoms with Crippen LogP contribution in [-0.4, -0.2) is 33.1 Å². The van der Waals surface area contributed by atoms with E-state index < -0.39 is 7.14 Å². The smallest absolute Gasteiger partial charge is 0.0966 e. The van der Waals surface area contributed by atoms with Crippen LogP contribution in [0.15, 0.2) is 0 Å². The van der Waals surface area contributed by atoms with Gasteiger partial charge in [-0.2, -0.15) is 0 Å². The van der Waals surface area contributed by atoms with E-state index in [1.165, 1.54) is 0 Å². The third kappa shape index (κ3) is 4.27. The Bertz CT molecular complexity index is 382. The zero-order valence-electron chi connectivity index (χ0n) is 13.9. The third-order valence-electron chi connectivity index (χ3n) is 6.46. The van der Waals surface area contributed by atoms with Crippen LogP contribution in [0.2, 0.25) is 0 Å². The molecule has 0 aliphatic heterocycles. The first-order chi connectivity index (χ1) is 11.0. The molecule has 3 aliphatic carbocycles. The highest BCUT2D eigenvalue weighted by molar-refractivity contribution is 7.66. The van der Waals surface area contributed by atoms with Gasteiger partial charge in [-0.3, -0.25) is 0 Å². The minimum absolute atomic E-state index is 0.216. The van der Waals surface area contributed by atoms with Gasteiger partial charge in [-0.1, -0.05) is 19.3 Å².